The predicted octanol–water partition coefficient (Wildman–Crippen LogP) is 4.36. The first-order chi connectivity index (χ1) is 17.2. The fourth-order valence-corrected chi connectivity index (χ4v) is 5.55. The summed E-state index contributed by atoms with van der Waals surface area (Å²) >= 11 is 0. The Morgan fingerprint density at radius 3 is 2.17 bits per heavy atom. The number of carbonyl (C=O) groups excluding carboxylic acids is 1. The molecule has 0 saturated carbocycles. The molecule has 9 heteroatoms. The molecular formula is C27H33N3O5S. The van der Waals surface area contributed by atoms with Crippen molar-refractivity contribution < 1.29 is 23.2 Å². The number of hydroxylamine groups is 1. The number of benzene rings is 3. The topological polar surface area (TPSA) is 99.2 Å². The molecule has 1 amide bonds. The zero-order chi connectivity index (χ0) is 26.3. The molecule has 0 aliphatic carbocycles. The van der Waals surface area contributed by atoms with E-state index >= 15 is 0 Å². The average Bonchev–Trinajstić information content (AvgIpc) is 2.90. The van der Waals surface area contributed by atoms with Crippen LogP contribution in [0.5, 0.6) is 5.75 Å². The van der Waals surface area contributed by atoms with E-state index in [4.69, 9.17) is 4.74 Å². The summed E-state index contributed by atoms with van der Waals surface area (Å²) in [5, 5.41) is 9.43. The SMILES string of the molecule is CCN(CC)Cc1cc(C)c(N(Cc2ccccc2)S(=O)(=O)c2ccc(OC)cc2)cc1C(=O)NO. The monoisotopic (exact) mass is 511 g/mol. The van der Waals surface area contributed by atoms with Gasteiger partial charge in [-0.2, -0.15) is 0 Å². The van der Waals surface area contributed by atoms with Crippen LogP contribution in [0.3, 0.4) is 0 Å². The van der Waals surface area contributed by atoms with Gasteiger partial charge in [0.2, 0.25) is 0 Å². The highest BCUT2D eigenvalue weighted by atomic mass is 32.2. The summed E-state index contributed by atoms with van der Waals surface area (Å²) in [6, 6.07) is 18.8. The fraction of sp³-hybridized carbons (Fsp3) is 0.296. The molecule has 0 aliphatic rings. The van der Waals surface area contributed by atoms with E-state index < -0.39 is 15.9 Å². The zero-order valence-electron chi connectivity index (χ0n) is 21.1. The minimum atomic E-state index is -4.02. The van der Waals surface area contributed by atoms with Crippen LogP contribution in [0, 0.1) is 6.92 Å². The third kappa shape index (κ3) is 6.04. The van der Waals surface area contributed by atoms with E-state index in [9.17, 15) is 18.4 Å². The third-order valence-corrected chi connectivity index (χ3v) is 7.92. The molecule has 0 atom stereocenters. The van der Waals surface area contributed by atoms with Gasteiger partial charge in [0.1, 0.15) is 5.75 Å². The van der Waals surface area contributed by atoms with Gasteiger partial charge in [0.15, 0.2) is 0 Å². The van der Waals surface area contributed by atoms with Crippen LogP contribution in [0.25, 0.3) is 0 Å². The van der Waals surface area contributed by atoms with Crippen LogP contribution in [0.4, 0.5) is 5.69 Å². The number of sulfonamides is 1. The number of ether oxygens (including phenoxy) is 1. The molecule has 3 rings (SSSR count). The molecule has 0 aliphatic heterocycles. The normalized spacial score (nSPS) is 11.4. The summed E-state index contributed by atoms with van der Waals surface area (Å²) < 4.78 is 34.3. The lowest BCUT2D eigenvalue weighted by atomic mass is 10.0. The summed E-state index contributed by atoms with van der Waals surface area (Å²) in [7, 11) is -2.51. The van der Waals surface area contributed by atoms with E-state index in [0.717, 1.165) is 18.7 Å². The first-order valence-corrected chi connectivity index (χ1v) is 13.2. The lowest BCUT2D eigenvalue weighted by Gasteiger charge is -2.28. The van der Waals surface area contributed by atoms with Gasteiger partial charge in [-0.15, -0.1) is 0 Å². The number of rotatable bonds is 11. The first-order valence-electron chi connectivity index (χ1n) is 11.8. The van der Waals surface area contributed by atoms with E-state index in [1.54, 1.807) is 23.7 Å². The largest absolute Gasteiger partial charge is 0.497 e. The van der Waals surface area contributed by atoms with Crippen LogP contribution in [0.15, 0.2) is 71.6 Å². The van der Waals surface area contributed by atoms with Gasteiger partial charge in [-0.25, -0.2) is 13.9 Å². The number of nitrogens with one attached hydrogen (secondary N) is 1. The van der Waals surface area contributed by atoms with Crippen LogP contribution in [0.1, 0.15) is 40.9 Å². The molecular weight excluding hydrogens is 478 g/mol. The van der Waals surface area contributed by atoms with Crippen molar-refractivity contribution in [1.29, 1.82) is 0 Å². The van der Waals surface area contributed by atoms with Crippen LogP contribution in [-0.2, 0) is 23.1 Å². The molecule has 0 radical (unpaired) electrons. The summed E-state index contributed by atoms with van der Waals surface area (Å²) in [6.45, 7) is 7.99. The van der Waals surface area contributed by atoms with Crippen molar-refractivity contribution >= 4 is 21.6 Å². The van der Waals surface area contributed by atoms with Crippen molar-refractivity contribution in [3.05, 3.63) is 89.0 Å². The second kappa shape index (κ2) is 12.0. The molecule has 8 nitrogen and oxygen atoms in total. The number of aryl methyl sites for hydroxylation is 1. The second-order valence-corrected chi connectivity index (χ2v) is 10.2. The smallest absolute Gasteiger partial charge is 0.275 e. The van der Waals surface area contributed by atoms with E-state index in [2.05, 4.69) is 4.90 Å². The molecule has 0 bridgehead atoms. The molecule has 0 saturated heterocycles. The van der Waals surface area contributed by atoms with E-state index in [-0.39, 0.29) is 17.0 Å². The summed E-state index contributed by atoms with van der Waals surface area (Å²) in [6.07, 6.45) is 0. The molecule has 2 N–H and O–H groups in total. The van der Waals surface area contributed by atoms with Crippen LogP contribution in [0.2, 0.25) is 0 Å². The van der Waals surface area contributed by atoms with Crippen molar-refractivity contribution in [3.8, 4) is 5.75 Å². The maximum Gasteiger partial charge on any atom is 0.275 e. The summed E-state index contributed by atoms with van der Waals surface area (Å²) in [4.78, 5) is 14.9. The van der Waals surface area contributed by atoms with Gasteiger partial charge in [0, 0.05) is 12.1 Å². The van der Waals surface area contributed by atoms with Gasteiger partial charge in [-0.3, -0.25) is 19.2 Å². The Morgan fingerprint density at radius 1 is 0.972 bits per heavy atom. The zero-order valence-corrected chi connectivity index (χ0v) is 21.9. The summed E-state index contributed by atoms with van der Waals surface area (Å²) in [5.41, 5.74) is 4.47. The van der Waals surface area contributed by atoms with Crippen molar-refractivity contribution in [1.82, 2.24) is 10.4 Å². The standard InChI is InChI=1S/C27H33N3O5S/c1-5-29(6-2)19-22-16-20(3)26(17-25(22)27(31)28-32)30(18-21-10-8-7-9-11-21)36(33,34)24-14-12-23(35-4)13-15-24/h7-17,32H,5-6,18-19H2,1-4H3,(H,28,31). The maximum absolute atomic E-state index is 13.9. The van der Waals surface area contributed by atoms with Crippen LogP contribution < -0.4 is 14.5 Å². The molecule has 0 spiro atoms. The Bertz CT molecular complexity index is 1270. The molecule has 192 valence electrons. The molecule has 36 heavy (non-hydrogen) atoms. The lowest BCUT2D eigenvalue weighted by molar-refractivity contribution is 0.0704. The van der Waals surface area contributed by atoms with Crippen molar-refractivity contribution in [2.75, 3.05) is 24.5 Å². The second-order valence-electron chi connectivity index (χ2n) is 8.37. The van der Waals surface area contributed by atoms with Gasteiger partial charge < -0.3 is 4.74 Å². The predicted molar refractivity (Wildman–Crippen MR) is 140 cm³/mol. The number of methoxy groups -OCH3 is 1. The van der Waals surface area contributed by atoms with Gasteiger partial charge in [0.05, 0.1) is 24.2 Å². The number of nitrogens with zero attached hydrogens (tertiary/aromatic N) is 2. The van der Waals surface area contributed by atoms with Gasteiger partial charge in [-0.05, 0) is 67.0 Å². The minimum Gasteiger partial charge on any atom is -0.497 e. The Hall–Kier alpha value is -3.40. The Kier molecular flexibility index (Phi) is 9.08. The number of anilines is 1. The molecule has 0 unspecified atom stereocenters. The average molecular weight is 512 g/mol. The molecule has 0 heterocycles. The lowest BCUT2D eigenvalue weighted by Crippen LogP contribution is -2.32. The highest BCUT2D eigenvalue weighted by molar-refractivity contribution is 7.92. The fourth-order valence-electron chi connectivity index (χ4n) is 4.04. The van der Waals surface area contributed by atoms with Gasteiger partial charge >= 0.3 is 0 Å². The van der Waals surface area contributed by atoms with Crippen molar-refractivity contribution in [2.24, 2.45) is 0 Å². The first kappa shape index (κ1) is 27.2. The Morgan fingerprint density at radius 2 is 1.61 bits per heavy atom. The number of carbonyl (C=O) groups is 1. The summed E-state index contributed by atoms with van der Waals surface area (Å²) in [5.74, 6) is -0.151. The third-order valence-electron chi connectivity index (χ3n) is 6.14. The minimum absolute atomic E-state index is 0.0611. The maximum atomic E-state index is 13.9. The van der Waals surface area contributed by atoms with E-state index in [1.807, 2.05) is 57.2 Å². The highest BCUT2D eigenvalue weighted by Gasteiger charge is 2.28. The molecule has 0 fully saturated rings. The number of hydrogen-bond donors (Lipinski definition) is 2. The van der Waals surface area contributed by atoms with Gasteiger partial charge in [0.25, 0.3) is 15.9 Å². The highest BCUT2D eigenvalue weighted by Crippen LogP contribution is 2.32. The molecule has 0 aromatic heterocycles. The molecule has 3 aromatic rings. The number of amides is 1. The number of hydrogen-bond acceptors (Lipinski definition) is 6. The molecule has 3 aromatic carbocycles. The Balaban J connectivity index is 2.19. The quantitative estimate of drug-likeness (QED) is 0.293. The van der Waals surface area contributed by atoms with Crippen LogP contribution >= 0.6 is 0 Å². The van der Waals surface area contributed by atoms with Gasteiger partial charge in [-0.1, -0.05) is 50.2 Å². The van der Waals surface area contributed by atoms with Crippen molar-refractivity contribution in [3.63, 3.8) is 0 Å². The Labute approximate surface area is 213 Å². The van der Waals surface area contributed by atoms with E-state index in [0.29, 0.717) is 29.1 Å². The van der Waals surface area contributed by atoms with Crippen molar-refractivity contribution in [2.45, 2.75) is 38.8 Å². The van der Waals surface area contributed by atoms with E-state index in [1.165, 1.54) is 23.5 Å². The van der Waals surface area contributed by atoms with Crippen LogP contribution in [-0.4, -0.2) is 44.6 Å².